The molecule has 0 fully saturated rings. The van der Waals surface area contributed by atoms with Crippen molar-refractivity contribution in [1.82, 2.24) is 14.8 Å². The zero-order chi connectivity index (χ0) is 15.8. The fourth-order valence-electron chi connectivity index (χ4n) is 1.98. The Balaban J connectivity index is 2.61. The second-order valence-electron chi connectivity index (χ2n) is 5.02. The van der Waals surface area contributed by atoms with E-state index in [1.165, 1.54) is 10.6 Å². The second-order valence-corrected chi connectivity index (χ2v) is 5.41. The van der Waals surface area contributed by atoms with Gasteiger partial charge in [-0.05, 0) is 30.3 Å². The SMILES string of the molecule is CC(C)Cn1c(-c2cccc(C(F)(F)F)c2F)n[nH]c1=S. The molecule has 0 radical (unpaired) electrons. The van der Waals surface area contributed by atoms with Crippen LogP contribution < -0.4 is 0 Å². The number of hydrogen-bond acceptors (Lipinski definition) is 2. The summed E-state index contributed by atoms with van der Waals surface area (Å²) in [5.41, 5.74) is -1.54. The van der Waals surface area contributed by atoms with Crippen LogP contribution in [0, 0.1) is 16.5 Å². The highest BCUT2D eigenvalue weighted by molar-refractivity contribution is 7.71. The highest BCUT2D eigenvalue weighted by Gasteiger charge is 2.35. The molecule has 0 unspecified atom stereocenters. The van der Waals surface area contributed by atoms with Crippen LogP contribution in [0.5, 0.6) is 0 Å². The summed E-state index contributed by atoms with van der Waals surface area (Å²) in [6, 6.07) is 3.11. The second kappa shape index (κ2) is 5.59. The Kier molecular flexibility index (Phi) is 4.18. The van der Waals surface area contributed by atoms with Crippen LogP contribution in [0.3, 0.4) is 0 Å². The van der Waals surface area contributed by atoms with Gasteiger partial charge in [-0.25, -0.2) is 4.39 Å². The summed E-state index contributed by atoms with van der Waals surface area (Å²) < 4.78 is 54.2. The monoisotopic (exact) mass is 319 g/mol. The third-order valence-electron chi connectivity index (χ3n) is 2.85. The highest BCUT2D eigenvalue weighted by Crippen LogP contribution is 2.35. The average molecular weight is 319 g/mol. The average Bonchev–Trinajstić information content (AvgIpc) is 2.69. The minimum Gasteiger partial charge on any atom is -0.300 e. The lowest BCUT2D eigenvalue weighted by Gasteiger charge is -2.13. The van der Waals surface area contributed by atoms with Gasteiger partial charge >= 0.3 is 6.18 Å². The minimum atomic E-state index is -4.75. The van der Waals surface area contributed by atoms with Crippen LogP contribution in [0.4, 0.5) is 17.6 Å². The van der Waals surface area contributed by atoms with Crippen molar-refractivity contribution < 1.29 is 17.6 Å². The molecule has 1 aromatic heterocycles. The Morgan fingerprint density at radius 3 is 2.57 bits per heavy atom. The van der Waals surface area contributed by atoms with Gasteiger partial charge in [-0.2, -0.15) is 18.3 Å². The Labute approximate surface area is 123 Å². The van der Waals surface area contributed by atoms with Gasteiger partial charge in [-0.1, -0.05) is 19.9 Å². The molecule has 0 spiro atoms. The Morgan fingerprint density at radius 1 is 1.33 bits per heavy atom. The van der Waals surface area contributed by atoms with Crippen molar-refractivity contribution in [2.45, 2.75) is 26.6 Å². The normalized spacial score (nSPS) is 12.1. The minimum absolute atomic E-state index is 0.0669. The summed E-state index contributed by atoms with van der Waals surface area (Å²) in [5, 5.41) is 6.36. The fourth-order valence-corrected chi connectivity index (χ4v) is 2.19. The molecule has 114 valence electrons. The molecule has 0 saturated heterocycles. The Bertz CT molecular complexity index is 700. The first-order valence-corrected chi connectivity index (χ1v) is 6.64. The maximum absolute atomic E-state index is 14.2. The van der Waals surface area contributed by atoms with Gasteiger partial charge in [0, 0.05) is 6.54 Å². The first-order valence-electron chi connectivity index (χ1n) is 6.23. The maximum Gasteiger partial charge on any atom is 0.419 e. The summed E-state index contributed by atoms with van der Waals surface area (Å²) in [7, 11) is 0. The fraction of sp³-hybridized carbons (Fsp3) is 0.385. The predicted octanol–water partition coefficient (Wildman–Crippen LogP) is 4.42. The zero-order valence-electron chi connectivity index (χ0n) is 11.3. The lowest BCUT2D eigenvalue weighted by Crippen LogP contribution is -2.11. The third-order valence-corrected chi connectivity index (χ3v) is 3.16. The van der Waals surface area contributed by atoms with E-state index in [1.54, 1.807) is 0 Å². The van der Waals surface area contributed by atoms with Crippen LogP contribution in [0.2, 0.25) is 0 Å². The first kappa shape index (κ1) is 15.7. The molecule has 0 aliphatic carbocycles. The number of alkyl halides is 3. The first-order chi connectivity index (χ1) is 9.71. The third kappa shape index (κ3) is 3.15. The van der Waals surface area contributed by atoms with E-state index >= 15 is 0 Å². The van der Waals surface area contributed by atoms with Gasteiger partial charge in [-0.15, -0.1) is 0 Å². The smallest absolute Gasteiger partial charge is 0.300 e. The molecule has 3 nitrogen and oxygen atoms in total. The molecule has 1 heterocycles. The van der Waals surface area contributed by atoms with Crippen molar-refractivity contribution in [2.24, 2.45) is 5.92 Å². The summed E-state index contributed by atoms with van der Waals surface area (Å²) in [6.45, 7) is 4.27. The standard InChI is InChI=1S/C13H13F4N3S/c1-7(2)6-20-11(18-19-12(20)21)8-4-3-5-9(10(8)14)13(15,16)17/h3-5,7H,6H2,1-2H3,(H,19,21). The summed E-state index contributed by atoms with van der Waals surface area (Å²) in [5.74, 6) is -1.09. The van der Waals surface area contributed by atoms with Gasteiger partial charge < -0.3 is 0 Å². The van der Waals surface area contributed by atoms with Crippen LogP contribution >= 0.6 is 12.2 Å². The number of benzene rings is 1. The van der Waals surface area contributed by atoms with E-state index in [-0.39, 0.29) is 22.1 Å². The quantitative estimate of drug-likeness (QED) is 0.671. The molecule has 0 amide bonds. The van der Waals surface area contributed by atoms with Crippen LogP contribution in [0.25, 0.3) is 11.4 Å². The number of aromatic nitrogens is 3. The Morgan fingerprint density at radius 2 is 2.00 bits per heavy atom. The summed E-state index contributed by atoms with van der Waals surface area (Å²) in [6.07, 6.45) is -4.75. The van der Waals surface area contributed by atoms with Gasteiger partial charge in [-0.3, -0.25) is 9.67 Å². The molecule has 21 heavy (non-hydrogen) atoms. The Hall–Kier alpha value is -1.70. The van der Waals surface area contributed by atoms with E-state index in [1.807, 2.05) is 13.8 Å². The lowest BCUT2D eigenvalue weighted by atomic mass is 10.1. The molecule has 8 heteroatoms. The van der Waals surface area contributed by atoms with Gasteiger partial charge in [0.05, 0.1) is 11.1 Å². The number of aromatic amines is 1. The highest BCUT2D eigenvalue weighted by atomic mass is 32.1. The van der Waals surface area contributed by atoms with Crippen molar-refractivity contribution in [1.29, 1.82) is 0 Å². The molecule has 0 atom stereocenters. The van der Waals surface area contributed by atoms with Crippen molar-refractivity contribution >= 4 is 12.2 Å². The van der Waals surface area contributed by atoms with E-state index in [2.05, 4.69) is 10.2 Å². The van der Waals surface area contributed by atoms with E-state index in [9.17, 15) is 17.6 Å². The maximum atomic E-state index is 14.2. The largest absolute Gasteiger partial charge is 0.419 e. The van der Waals surface area contributed by atoms with E-state index in [4.69, 9.17) is 12.2 Å². The van der Waals surface area contributed by atoms with Crippen molar-refractivity contribution in [3.63, 3.8) is 0 Å². The van der Waals surface area contributed by atoms with E-state index < -0.39 is 17.6 Å². The number of H-pyrrole nitrogens is 1. The van der Waals surface area contributed by atoms with E-state index in [0.717, 1.165) is 6.07 Å². The molecule has 1 aromatic carbocycles. The van der Waals surface area contributed by atoms with Crippen molar-refractivity contribution in [3.8, 4) is 11.4 Å². The zero-order valence-corrected chi connectivity index (χ0v) is 12.1. The number of nitrogens with zero attached hydrogens (tertiary/aromatic N) is 2. The van der Waals surface area contributed by atoms with Crippen LogP contribution in [0.1, 0.15) is 19.4 Å². The van der Waals surface area contributed by atoms with Crippen molar-refractivity contribution in [2.75, 3.05) is 0 Å². The predicted molar refractivity (Wildman–Crippen MR) is 72.6 cm³/mol. The van der Waals surface area contributed by atoms with Gasteiger partial charge in [0.15, 0.2) is 10.6 Å². The lowest BCUT2D eigenvalue weighted by molar-refractivity contribution is -0.139. The molecule has 0 aliphatic heterocycles. The molecule has 1 N–H and O–H groups in total. The van der Waals surface area contributed by atoms with Crippen LogP contribution in [-0.2, 0) is 12.7 Å². The van der Waals surface area contributed by atoms with E-state index in [0.29, 0.717) is 12.6 Å². The molecule has 2 aromatic rings. The molecule has 2 rings (SSSR count). The number of nitrogens with one attached hydrogen (secondary N) is 1. The molecular weight excluding hydrogens is 306 g/mol. The summed E-state index contributed by atoms with van der Waals surface area (Å²) in [4.78, 5) is 0. The molecular formula is C13H13F4N3S. The van der Waals surface area contributed by atoms with Crippen LogP contribution in [0.15, 0.2) is 18.2 Å². The molecule has 0 saturated carbocycles. The van der Waals surface area contributed by atoms with Crippen LogP contribution in [-0.4, -0.2) is 14.8 Å². The topological polar surface area (TPSA) is 33.6 Å². The molecule has 0 bridgehead atoms. The van der Waals surface area contributed by atoms with Crippen molar-refractivity contribution in [3.05, 3.63) is 34.4 Å². The van der Waals surface area contributed by atoms with Gasteiger partial charge in [0.2, 0.25) is 0 Å². The number of halogens is 4. The van der Waals surface area contributed by atoms with Gasteiger partial charge in [0.25, 0.3) is 0 Å². The number of rotatable bonds is 3. The number of hydrogen-bond donors (Lipinski definition) is 1. The summed E-state index contributed by atoms with van der Waals surface area (Å²) >= 11 is 5.04. The molecule has 0 aliphatic rings. The van der Waals surface area contributed by atoms with Gasteiger partial charge in [0.1, 0.15) is 5.82 Å².